The molecule has 2 fully saturated rings. The quantitative estimate of drug-likeness (QED) is 0.172. The van der Waals surface area contributed by atoms with Crippen LogP contribution in [-0.4, -0.2) is 47.8 Å². The predicted octanol–water partition coefficient (Wildman–Crippen LogP) is 11.1. The van der Waals surface area contributed by atoms with E-state index in [4.69, 9.17) is 10.5 Å². The van der Waals surface area contributed by atoms with Crippen molar-refractivity contribution >= 4 is 130 Å². The molecule has 4 heterocycles. The number of piperidine rings is 2. The summed E-state index contributed by atoms with van der Waals surface area (Å²) >= 11 is 13.2. The number of hydrogen-bond donors (Lipinski definition) is 3. The number of carbonyl (C=O) groups excluding carboxylic acids is 1. The number of nitrogens with zero attached hydrogens (tertiary/aromatic N) is 3. The molecule has 0 radical (unpaired) electrons. The molecule has 0 bridgehead atoms. The third-order valence-corrected chi connectivity index (χ3v) is 13.8. The molecule has 0 unspecified atom stereocenters. The van der Waals surface area contributed by atoms with Crippen LogP contribution in [0.25, 0.3) is 0 Å². The van der Waals surface area contributed by atoms with Crippen molar-refractivity contribution < 1.29 is 9.53 Å². The first kappa shape index (κ1) is 46.8. The zero-order valence-corrected chi connectivity index (χ0v) is 40.3. The van der Waals surface area contributed by atoms with Crippen LogP contribution in [0.2, 0.25) is 0 Å². The van der Waals surface area contributed by atoms with E-state index in [0.717, 1.165) is 62.1 Å². The van der Waals surface area contributed by atoms with Crippen molar-refractivity contribution in [2.75, 3.05) is 31.1 Å². The lowest BCUT2D eigenvalue weighted by atomic mass is 9.73. The van der Waals surface area contributed by atoms with Gasteiger partial charge in [0, 0.05) is 24.5 Å². The Bertz CT molecular complexity index is 1760. The van der Waals surface area contributed by atoms with Crippen molar-refractivity contribution in [3.63, 3.8) is 0 Å². The number of nitrogens with two attached hydrogens (primary N) is 1. The molecular weight excluding hydrogens is 1060 g/mol. The van der Waals surface area contributed by atoms with Crippen molar-refractivity contribution in [3.05, 3.63) is 94.7 Å². The maximum absolute atomic E-state index is 12.6. The average molecular weight is 1110 g/mol. The number of amides is 1. The second-order valence-corrected chi connectivity index (χ2v) is 20.7. The summed E-state index contributed by atoms with van der Waals surface area (Å²) in [5.41, 5.74) is 11.8. The second kappa shape index (κ2) is 20.2. The first-order valence-electron chi connectivity index (χ1n) is 17.1. The standard InChI is InChI=1S/C21H26BrN3O2S.C13H18N2.C3HBr2NS.2ClH.HI/c1-20(2,3)27-19(26)24-17-15-7-5-4-6-14(15)12-21(17)8-10-25(11-9-21)18-23-13-16(22)28-18;14-12-11-4-2-1-3-10(11)9-13(12)5-7-15-8-6-13;4-2-1-6-3(5)7-2;;;/h4-7,13,17H,8-12H2,1-3H3,(H,24,26);1-4,12,15H,5-9,14H2;1H;3*1H/t17-;12-;;;;/m11..../s1. The van der Waals surface area contributed by atoms with Crippen LogP contribution >= 0.6 is 119 Å². The van der Waals surface area contributed by atoms with Crippen molar-refractivity contribution in [1.29, 1.82) is 0 Å². The molecular formula is C37H48Br3Cl2IN6O2S2. The Hall–Kier alpha value is -0.560. The Balaban J connectivity index is 0.000000253. The summed E-state index contributed by atoms with van der Waals surface area (Å²) in [6.07, 6.45) is 9.95. The minimum atomic E-state index is -0.503. The van der Waals surface area contributed by atoms with Gasteiger partial charge in [-0.3, -0.25) is 0 Å². The number of halogens is 6. The Kier molecular flexibility index (Phi) is 17.9. The lowest BCUT2D eigenvalue weighted by molar-refractivity contribution is 0.0428. The first-order chi connectivity index (χ1) is 23.9. The van der Waals surface area contributed by atoms with Gasteiger partial charge in [-0.15, -0.1) is 60.1 Å². The molecule has 2 aromatic carbocycles. The molecule has 53 heavy (non-hydrogen) atoms. The SMILES string of the molecule is Brc1cnc(Br)s1.CC(C)(C)OC(=O)N[C@@H]1c2ccccc2CC12CCN(c1ncc(Br)s1)CC2.Cl.Cl.I.N[C@@H]1c2ccccc2CC12CCNCC2. The Labute approximate surface area is 376 Å². The van der Waals surface area contributed by atoms with Crippen LogP contribution in [0.15, 0.2) is 72.4 Å². The van der Waals surface area contributed by atoms with Gasteiger partial charge in [0.2, 0.25) is 0 Å². The van der Waals surface area contributed by atoms with Gasteiger partial charge < -0.3 is 26.0 Å². The van der Waals surface area contributed by atoms with Crippen molar-refractivity contribution in [1.82, 2.24) is 20.6 Å². The maximum Gasteiger partial charge on any atom is 0.408 e. The molecule has 2 saturated heterocycles. The van der Waals surface area contributed by atoms with Crippen LogP contribution in [0.5, 0.6) is 0 Å². The molecule has 292 valence electrons. The van der Waals surface area contributed by atoms with E-state index in [0.29, 0.717) is 5.41 Å². The van der Waals surface area contributed by atoms with Gasteiger partial charge in [-0.25, -0.2) is 14.8 Å². The molecule has 2 spiro atoms. The number of thiazole rings is 2. The molecule has 4 N–H and O–H groups in total. The fourth-order valence-electron chi connectivity index (χ4n) is 7.91. The van der Waals surface area contributed by atoms with Crippen molar-refractivity contribution in [2.45, 2.75) is 77.0 Å². The van der Waals surface area contributed by atoms with Gasteiger partial charge in [-0.1, -0.05) is 59.9 Å². The molecule has 2 aromatic heterocycles. The summed E-state index contributed by atoms with van der Waals surface area (Å²) in [6, 6.07) is 17.4. The van der Waals surface area contributed by atoms with Gasteiger partial charge in [0.25, 0.3) is 0 Å². The molecule has 8 nitrogen and oxygen atoms in total. The van der Waals surface area contributed by atoms with Crippen molar-refractivity contribution in [2.24, 2.45) is 16.6 Å². The second-order valence-electron chi connectivity index (χ2n) is 14.6. The van der Waals surface area contributed by atoms with Crippen LogP contribution in [0.1, 0.15) is 80.8 Å². The van der Waals surface area contributed by atoms with Crippen molar-refractivity contribution in [3.8, 4) is 0 Å². The summed E-state index contributed by atoms with van der Waals surface area (Å²) in [5, 5.41) is 7.70. The smallest absolute Gasteiger partial charge is 0.408 e. The number of fused-ring (bicyclic) bond motifs is 2. The topological polar surface area (TPSA) is 105 Å². The molecule has 2 aliphatic carbocycles. The summed E-state index contributed by atoms with van der Waals surface area (Å²) in [6.45, 7) is 9.84. The zero-order chi connectivity index (χ0) is 35.5. The Morgan fingerprint density at radius 1 is 0.868 bits per heavy atom. The molecule has 8 rings (SSSR count). The van der Waals surface area contributed by atoms with Crippen LogP contribution in [-0.2, 0) is 17.6 Å². The van der Waals surface area contributed by atoms with E-state index in [-0.39, 0.29) is 72.4 Å². The Morgan fingerprint density at radius 2 is 1.42 bits per heavy atom. The van der Waals surface area contributed by atoms with Crippen LogP contribution in [0.3, 0.4) is 0 Å². The molecule has 2 aliphatic heterocycles. The molecule has 16 heteroatoms. The van der Waals surface area contributed by atoms with Gasteiger partial charge in [-0.2, -0.15) is 0 Å². The highest BCUT2D eigenvalue weighted by Crippen LogP contribution is 2.53. The lowest BCUT2D eigenvalue weighted by Gasteiger charge is -2.43. The number of nitrogens with one attached hydrogen (secondary N) is 2. The number of ether oxygens (including phenoxy) is 1. The molecule has 1 amide bonds. The maximum atomic E-state index is 12.6. The number of carbonyl (C=O) groups is 1. The van der Waals surface area contributed by atoms with E-state index < -0.39 is 5.60 Å². The highest BCUT2D eigenvalue weighted by Gasteiger charge is 2.49. The van der Waals surface area contributed by atoms with E-state index in [1.165, 1.54) is 41.5 Å². The van der Waals surface area contributed by atoms with E-state index >= 15 is 0 Å². The lowest BCUT2D eigenvalue weighted by Crippen LogP contribution is -2.47. The van der Waals surface area contributed by atoms with Gasteiger partial charge in [0.1, 0.15) is 5.60 Å². The van der Waals surface area contributed by atoms with Gasteiger partial charge >= 0.3 is 6.09 Å². The van der Waals surface area contributed by atoms with Gasteiger partial charge in [-0.05, 0) is 148 Å². The third-order valence-electron chi connectivity index (χ3n) is 10.3. The highest BCUT2D eigenvalue weighted by molar-refractivity contribution is 14.0. The largest absolute Gasteiger partial charge is 0.444 e. The average Bonchev–Trinajstić information content (AvgIpc) is 3.83. The van der Waals surface area contributed by atoms with E-state index in [1.54, 1.807) is 28.9 Å². The first-order valence-corrected chi connectivity index (χ1v) is 21.1. The fourth-order valence-corrected chi connectivity index (χ4v) is 11.4. The number of rotatable bonds is 2. The number of alkyl carbamates (subject to hydrolysis) is 1. The number of anilines is 1. The molecule has 4 aliphatic rings. The summed E-state index contributed by atoms with van der Waals surface area (Å²) in [4.78, 5) is 23.4. The molecule has 4 aromatic rings. The Morgan fingerprint density at radius 3 is 1.92 bits per heavy atom. The highest BCUT2D eigenvalue weighted by atomic mass is 127. The van der Waals surface area contributed by atoms with Crippen LogP contribution < -0.4 is 21.3 Å². The minimum Gasteiger partial charge on any atom is -0.444 e. The van der Waals surface area contributed by atoms with Gasteiger partial charge in [0.05, 0.1) is 26.0 Å². The van der Waals surface area contributed by atoms with Crippen LogP contribution in [0.4, 0.5) is 9.93 Å². The normalized spacial score (nSPS) is 20.2. The predicted molar refractivity (Wildman–Crippen MR) is 245 cm³/mol. The van der Waals surface area contributed by atoms with Crippen LogP contribution in [0, 0.1) is 10.8 Å². The molecule has 2 atom stereocenters. The van der Waals surface area contributed by atoms with E-state index in [1.807, 2.05) is 27.0 Å². The van der Waals surface area contributed by atoms with Gasteiger partial charge in [0.15, 0.2) is 9.05 Å². The summed E-state index contributed by atoms with van der Waals surface area (Å²) in [5.74, 6) is 0. The van der Waals surface area contributed by atoms with E-state index in [9.17, 15) is 4.79 Å². The third kappa shape index (κ3) is 11.5. The fraction of sp³-hybridized carbons (Fsp3) is 0.486. The summed E-state index contributed by atoms with van der Waals surface area (Å²) in [7, 11) is 0. The summed E-state index contributed by atoms with van der Waals surface area (Å²) < 4.78 is 8.59. The zero-order valence-electron chi connectivity index (χ0n) is 29.9. The minimum absolute atomic E-state index is 0. The number of benzene rings is 2. The van der Waals surface area contributed by atoms with E-state index in [2.05, 4.69) is 122 Å². The molecule has 0 saturated carbocycles. The number of hydrogen-bond acceptors (Lipinski definition) is 9. The monoisotopic (exact) mass is 1110 g/mol. The number of aromatic nitrogens is 2.